The van der Waals surface area contributed by atoms with Gasteiger partial charge in [-0.05, 0) is 43.9 Å². The van der Waals surface area contributed by atoms with E-state index in [1.165, 1.54) is 0 Å². The Balaban J connectivity index is 2.50. The van der Waals surface area contributed by atoms with E-state index in [1.807, 2.05) is 31.7 Å². The first kappa shape index (κ1) is 23.9. The van der Waals surface area contributed by atoms with E-state index >= 15 is 0 Å². The van der Waals surface area contributed by atoms with Crippen molar-refractivity contribution in [1.29, 1.82) is 0 Å². The molecule has 0 spiro atoms. The average molecular weight is 412 g/mol. The van der Waals surface area contributed by atoms with E-state index in [0.29, 0.717) is 18.5 Å². The fraction of sp³-hybridized carbons (Fsp3) is 0.600. The summed E-state index contributed by atoms with van der Waals surface area (Å²) in [5.74, 6) is -0.0246. The normalized spacial score (nSPS) is 12.3. The van der Waals surface area contributed by atoms with E-state index < -0.39 is 10.0 Å². The number of nitrogens with zero attached hydrogens (tertiary/aromatic N) is 1. The van der Waals surface area contributed by atoms with Crippen LogP contribution < -0.4 is 10.0 Å². The van der Waals surface area contributed by atoms with Gasteiger partial charge in [-0.15, -0.1) is 0 Å². The van der Waals surface area contributed by atoms with Gasteiger partial charge in [-0.3, -0.25) is 14.3 Å². The van der Waals surface area contributed by atoms with E-state index in [-0.39, 0.29) is 24.3 Å². The van der Waals surface area contributed by atoms with Crippen LogP contribution in [0.3, 0.4) is 0 Å². The summed E-state index contributed by atoms with van der Waals surface area (Å²) in [6.07, 6.45) is 4.11. The minimum absolute atomic E-state index is 0.101. The van der Waals surface area contributed by atoms with Gasteiger partial charge in [0.25, 0.3) is 0 Å². The minimum atomic E-state index is -3.35. The molecular formula is C20H33N3O4S. The molecular weight excluding hydrogens is 378 g/mol. The topological polar surface area (TPSA) is 95.6 Å². The van der Waals surface area contributed by atoms with Crippen LogP contribution in [0.15, 0.2) is 24.3 Å². The summed E-state index contributed by atoms with van der Waals surface area (Å²) in [7, 11) is -3.35. The monoisotopic (exact) mass is 411 g/mol. The van der Waals surface area contributed by atoms with Crippen LogP contribution in [0.5, 0.6) is 0 Å². The first-order chi connectivity index (χ1) is 13.2. The molecule has 1 atom stereocenters. The van der Waals surface area contributed by atoms with Crippen LogP contribution in [0, 0.1) is 0 Å². The molecule has 0 aliphatic carbocycles. The number of sulfonamides is 1. The van der Waals surface area contributed by atoms with Gasteiger partial charge in [0.15, 0.2) is 0 Å². The van der Waals surface area contributed by atoms with Gasteiger partial charge in [-0.1, -0.05) is 26.0 Å². The fourth-order valence-corrected chi connectivity index (χ4v) is 3.50. The Morgan fingerprint density at radius 2 is 1.75 bits per heavy atom. The van der Waals surface area contributed by atoms with Crippen LogP contribution >= 0.6 is 0 Å². The fourth-order valence-electron chi connectivity index (χ4n) is 2.94. The second-order valence-electron chi connectivity index (χ2n) is 7.02. The predicted molar refractivity (Wildman–Crippen MR) is 112 cm³/mol. The van der Waals surface area contributed by atoms with E-state index in [2.05, 4.69) is 10.0 Å². The van der Waals surface area contributed by atoms with Crippen molar-refractivity contribution in [1.82, 2.24) is 10.2 Å². The van der Waals surface area contributed by atoms with Crippen LogP contribution in [-0.4, -0.2) is 44.5 Å². The second kappa shape index (κ2) is 11.7. The third-order valence-corrected chi connectivity index (χ3v) is 4.81. The minimum Gasteiger partial charge on any atom is -0.350 e. The molecule has 0 saturated carbocycles. The van der Waals surface area contributed by atoms with E-state index in [4.69, 9.17) is 0 Å². The SMILES string of the molecule is CCCN(CCC)C(=O)CCCC(=O)NC(C)c1cccc(NS(C)(=O)=O)c1. The van der Waals surface area contributed by atoms with Crippen LogP contribution in [0.25, 0.3) is 0 Å². The maximum absolute atomic E-state index is 12.2. The number of carbonyl (C=O) groups excluding carboxylic acids is 2. The Labute approximate surface area is 168 Å². The molecule has 1 unspecified atom stereocenters. The van der Waals surface area contributed by atoms with Crippen molar-refractivity contribution in [2.75, 3.05) is 24.1 Å². The Kier molecular flexibility index (Phi) is 9.99. The molecule has 0 heterocycles. The lowest BCUT2D eigenvalue weighted by Crippen LogP contribution is -2.32. The summed E-state index contributed by atoms with van der Waals surface area (Å²) in [4.78, 5) is 26.3. The molecule has 2 N–H and O–H groups in total. The molecule has 0 aromatic heterocycles. The lowest BCUT2D eigenvalue weighted by molar-refractivity contribution is -0.131. The molecule has 1 aromatic carbocycles. The zero-order valence-electron chi connectivity index (χ0n) is 17.3. The average Bonchev–Trinajstić information content (AvgIpc) is 2.60. The van der Waals surface area contributed by atoms with Crippen molar-refractivity contribution in [3.8, 4) is 0 Å². The lowest BCUT2D eigenvalue weighted by atomic mass is 10.1. The first-order valence-electron chi connectivity index (χ1n) is 9.81. The first-order valence-corrected chi connectivity index (χ1v) is 11.7. The smallest absolute Gasteiger partial charge is 0.229 e. The molecule has 1 rings (SSSR count). The van der Waals surface area contributed by atoms with Crippen molar-refractivity contribution in [2.24, 2.45) is 0 Å². The number of hydrogen-bond donors (Lipinski definition) is 2. The quantitative estimate of drug-likeness (QED) is 0.552. The number of amides is 2. The van der Waals surface area contributed by atoms with Crippen molar-refractivity contribution in [3.63, 3.8) is 0 Å². The third kappa shape index (κ3) is 9.21. The molecule has 0 bridgehead atoms. The maximum Gasteiger partial charge on any atom is 0.229 e. The number of anilines is 1. The molecule has 0 aliphatic heterocycles. The molecule has 0 fully saturated rings. The third-order valence-electron chi connectivity index (χ3n) is 4.20. The summed E-state index contributed by atoms with van der Waals surface area (Å²) in [5, 5.41) is 2.90. The molecule has 28 heavy (non-hydrogen) atoms. The number of nitrogens with one attached hydrogen (secondary N) is 2. The highest BCUT2D eigenvalue weighted by molar-refractivity contribution is 7.92. The summed E-state index contributed by atoms with van der Waals surface area (Å²) >= 11 is 0. The second-order valence-corrected chi connectivity index (χ2v) is 8.77. The van der Waals surface area contributed by atoms with Gasteiger partial charge >= 0.3 is 0 Å². The molecule has 0 saturated heterocycles. The van der Waals surface area contributed by atoms with Crippen molar-refractivity contribution in [2.45, 2.75) is 58.9 Å². The van der Waals surface area contributed by atoms with Crippen LogP contribution in [0.1, 0.15) is 64.5 Å². The van der Waals surface area contributed by atoms with Gasteiger partial charge in [0.1, 0.15) is 0 Å². The van der Waals surface area contributed by atoms with Crippen molar-refractivity contribution >= 4 is 27.5 Å². The number of rotatable bonds is 12. The van der Waals surface area contributed by atoms with Crippen LogP contribution in [0.2, 0.25) is 0 Å². The predicted octanol–water partition coefficient (Wildman–Crippen LogP) is 3.05. The molecule has 0 radical (unpaired) electrons. The molecule has 2 amide bonds. The van der Waals surface area contributed by atoms with Crippen LogP contribution in [-0.2, 0) is 19.6 Å². The summed E-state index contributed by atoms with van der Waals surface area (Å²) in [5.41, 5.74) is 1.26. The van der Waals surface area contributed by atoms with E-state index in [0.717, 1.165) is 37.8 Å². The zero-order valence-corrected chi connectivity index (χ0v) is 18.1. The van der Waals surface area contributed by atoms with Gasteiger partial charge in [-0.2, -0.15) is 0 Å². The molecule has 0 aliphatic rings. The molecule has 1 aromatic rings. The Hall–Kier alpha value is -2.09. The van der Waals surface area contributed by atoms with Gasteiger partial charge in [0.2, 0.25) is 21.8 Å². The highest BCUT2D eigenvalue weighted by atomic mass is 32.2. The molecule has 7 nitrogen and oxygen atoms in total. The standard InChI is InChI=1S/C20H33N3O4S/c1-5-13-23(14-6-2)20(25)12-8-11-19(24)21-16(3)17-9-7-10-18(15-17)22-28(4,26)27/h7,9-10,15-16,22H,5-6,8,11-14H2,1-4H3,(H,21,24). The van der Waals surface area contributed by atoms with Crippen molar-refractivity contribution < 1.29 is 18.0 Å². The number of benzene rings is 1. The summed E-state index contributed by atoms with van der Waals surface area (Å²) in [6, 6.07) is 6.66. The summed E-state index contributed by atoms with van der Waals surface area (Å²) < 4.78 is 25.1. The maximum atomic E-state index is 12.2. The van der Waals surface area contributed by atoms with Gasteiger partial charge in [-0.25, -0.2) is 8.42 Å². The Bertz CT molecular complexity index is 744. The van der Waals surface area contributed by atoms with E-state index in [9.17, 15) is 18.0 Å². The van der Waals surface area contributed by atoms with Crippen LogP contribution in [0.4, 0.5) is 5.69 Å². The Morgan fingerprint density at radius 3 is 2.32 bits per heavy atom. The van der Waals surface area contributed by atoms with E-state index in [1.54, 1.807) is 18.2 Å². The number of hydrogen-bond acceptors (Lipinski definition) is 4. The van der Waals surface area contributed by atoms with Gasteiger partial charge in [0, 0.05) is 31.6 Å². The number of carbonyl (C=O) groups is 2. The van der Waals surface area contributed by atoms with Gasteiger partial charge < -0.3 is 10.2 Å². The zero-order chi connectivity index (χ0) is 21.2. The molecule has 158 valence electrons. The lowest BCUT2D eigenvalue weighted by Gasteiger charge is -2.21. The Morgan fingerprint density at radius 1 is 1.11 bits per heavy atom. The highest BCUT2D eigenvalue weighted by Gasteiger charge is 2.14. The van der Waals surface area contributed by atoms with Gasteiger partial charge in [0.05, 0.1) is 12.3 Å². The largest absolute Gasteiger partial charge is 0.350 e. The van der Waals surface area contributed by atoms with Crippen molar-refractivity contribution in [3.05, 3.63) is 29.8 Å². The molecule has 8 heteroatoms. The highest BCUT2D eigenvalue weighted by Crippen LogP contribution is 2.18. The summed E-state index contributed by atoms with van der Waals surface area (Å²) in [6.45, 7) is 7.45.